The number of nitrogens with zero attached hydrogens (tertiary/aromatic N) is 4. The summed E-state index contributed by atoms with van der Waals surface area (Å²) in [5, 5.41) is 18.4. The Kier molecular flexibility index (Phi) is 14.4. The van der Waals surface area contributed by atoms with E-state index in [1.54, 1.807) is 0 Å². The standard InChI is InChI=1S/C31H44N4O2S/c1-3-5-7-9-10-11-13-15-25-37-29-22-18-27(19-23-29)32-34-31-35-33-30(38-31)26-16-20-28(21-17-26)36-24-14-12-8-6-4-2/h16-23H,3-15,24-25H2,1-2H3. The van der Waals surface area contributed by atoms with E-state index in [2.05, 4.69) is 34.3 Å². The van der Waals surface area contributed by atoms with Gasteiger partial charge in [0, 0.05) is 5.56 Å². The summed E-state index contributed by atoms with van der Waals surface area (Å²) >= 11 is 1.42. The minimum Gasteiger partial charge on any atom is -0.494 e. The van der Waals surface area contributed by atoms with E-state index >= 15 is 0 Å². The predicted molar refractivity (Wildman–Crippen MR) is 158 cm³/mol. The molecule has 3 rings (SSSR count). The maximum Gasteiger partial charge on any atom is 0.252 e. The number of aromatic nitrogens is 2. The number of ether oxygens (including phenoxy) is 2. The van der Waals surface area contributed by atoms with Crippen LogP contribution in [0.2, 0.25) is 0 Å². The van der Waals surface area contributed by atoms with E-state index in [0.29, 0.717) is 5.13 Å². The van der Waals surface area contributed by atoms with E-state index in [1.165, 1.54) is 82.0 Å². The zero-order valence-electron chi connectivity index (χ0n) is 23.2. The van der Waals surface area contributed by atoms with Crippen LogP contribution >= 0.6 is 11.3 Å². The first-order valence-corrected chi connectivity index (χ1v) is 15.3. The average molecular weight is 537 g/mol. The number of rotatable bonds is 20. The van der Waals surface area contributed by atoms with Gasteiger partial charge in [0.15, 0.2) is 0 Å². The average Bonchev–Trinajstić information content (AvgIpc) is 3.43. The highest BCUT2D eigenvalue weighted by Crippen LogP contribution is 2.30. The molecule has 3 aromatic rings. The summed E-state index contributed by atoms with van der Waals surface area (Å²) in [5.41, 5.74) is 1.76. The predicted octanol–water partition coefficient (Wildman–Crippen LogP) is 10.5. The molecule has 0 spiro atoms. The molecule has 0 bridgehead atoms. The van der Waals surface area contributed by atoms with Gasteiger partial charge in [0.2, 0.25) is 0 Å². The summed E-state index contributed by atoms with van der Waals surface area (Å²) in [6, 6.07) is 15.7. The summed E-state index contributed by atoms with van der Waals surface area (Å²) in [5.74, 6) is 1.76. The molecule has 6 nitrogen and oxygen atoms in total. The van der Waals surface area contributed by atoms with Crippen molar-refractivity contribution >= 4 is 22.2 Å². The molecular weight excluding hydrogens is 492 g/mol. The molecule has 1 heterocycles. The Balaban J connectivity index is 1.36. The van der Waals surface area contributed by atoms with Gasteiger partial charge in [-0.05, 0) is 61.4 Å². The minimum absolute atomic E-state index is 0.530. The van der Waals surface area contributed by atoms with Gasteiger partial charge in [0.25, 0.3) is 5.13 Å². The molecule has 0 amide bonds. The Bertz CT molecular complexity index is 1030. The second-order valence-electron chi connectivity index (χ2n) is 9.69. The Morgan fingerprint density at radius 3 is 1.63 bits per heavy atom. The molecule has 0 radical (unpaired) electrons. The highest BCUT2D eigenvalue weighted by Gasteiger charge is 2.07. The maximum absolute atomic E-state index is 5.87. The van der Waals surface area contributed by atoms with E-state index in [0.717, 1.165) is 53.8 Å². The van der Waals surface area contributed by atoms with Gasteiger partial charge in [-0.3, -0.25) is 0 Å². The summed E-state index contributed by atoms with van der Waals surface area (Å²) < 4.78 is 11.7. The highest BCUT2D eigenvalue weighted by molar-refractivity contribution is 7.18. The molecule has 0 fully saturated rings. The second kappa shape index (κ2) is 18.5. The van der Waals surface area contributed by atoms with Crippen LogP contribution in [-0.4, -0.2) is 23.4 Å². The largest absolute Gasteiger partial charge is 0.494 e. The van der Waals surface area contributed by atoms with Gasteiger partial charge >= 0.3 is 0 Å². The number of hydrogen-bond donors (Lipinski definition) is 0. The van der Waals surface area contributed by atoms with E-state index in [4.69, 9.17) is 9.47 Å². The van der Waals surface area contributed by atoms with Crippen LogP contribution in [0.3, 0.4) is 0 Å². The molecule has 2 aromatic carbocycles. The van der Waals surface area contributed by atoms with Gasteiger partial charge in [-0.2, -0.15) is 0 Å². The normalized spacial score (nSPS) is 11.3. The van der Waals surface area contributed by atoms with Crippen LogP contribution in [0, 0.1) is 0 Å². The van der Waals surface area contributed by atoms with Gasteiger partial charge in [-0.25, -0.2) is 0 Å². The van der Waals surface area contributed by atoms with Crippen molar-refractivity contribution < 1.29 is 9.47 Å². The molecule has 0 saturated carbocycles. The summed E-state index contributed by atoms with van der Waals surface area (Å²) in [7, 11) is 0. The Labute approximate surface area is 232 Å². The quantitative estimate of drug-likeness (QED) is 0.106. The second-order valence-corrected chi connectivity index (χ2v) is 10.7. The molecule has 1 aromatic heterocycles. The Morgan fingerprint density at radius 1 is 0.579 bits per heavy atom. The molecule has 0 aliphatic carbocycles. The zero-order valence-corrected chi connectivity index (χ0v) is 24.1. The minimum atomic E-state index is 0.530. The third-order valence-electron chi connectivity index (χ3n) is 6.39. The van der Waals surface area contributed by atoms with Gasteiger partial charge < -0.3 is 9.47 Å². The van der Waals surface area contributed by atoms with Crippen LogP contribution in [0.15, 0.2) is 58.8 Å². The number of azo groups is 1. The lowest BCUT2D eigenvalue weighted by Gasteiger charge is -2.06. The van der Waals surface area contributed by atoms with Gasteiger partial charge in [0.1, 0.15) is 16.5 Å². The lowest BCUT2D eigenvalue weighted by atomic mass is 10.1. The molecular formula is C31H44N4O2S. The highest BCUT2D eigenvalue weighted by atomic mass is 32.1. The van der Waals surface area contributed by atoms with Crippen LogP contribution in [0.5, 0.6) is 11.5 Å². The van der Waals surface area contributed by atoms with Crippen molar-refractivity contribution in [1.82, 2.24) is 10.2 Å². The molecule has 7 heteroatoms. The fourth-order valence-electron chi connectivity index (χ4n) is 4.10. The number of unbranched alkanes of at least 4 members (excludes halogenated alkanes) is 11. The smallest absolute Gasteiger partial charge is 0.252 e. The monoisotopic (exact) mass is 536 g/mol. The van der Waals surface area contributed by atoms with Crippen molar-refractivity contribution in [2.24, 2.45) is 10.2 Å². The van der Waals surface area contributed by atoms with Gasteiger partial charge in [0.05, 0.1) is 18.9 Å². The van der Waals surface area contributed by atoms with Crippen LogP contribution in [0.4, 0.5) is 10.8 Å². The lowest BCUT2D eigenvalue weighted by molar-refractivity contribution is 0.304. The Hall–Kier alpha value is -2.80. The lowest BCUT2D eigenvalue weighted by Crippen LogP contribution is -1.97. The summed E-state index contributed by atoms with van der Waals surface area (Å²) in [6.45, 7) is 6.01. The first-order chi connectivity index (χ1) is 18.8. The van der Waals surface area contributed by atoms with Crippen molar-refractivity contribution in [3.63, 3.8) is 0 Å². The Morgan fingerprint density at radius 2 is 1.08 bits per heavy atom. The van der Waals surface area contributed by atoms with Crippen molar-refractivity contribution in [3.8, 4) is 22.1 Å². The van der Waals surface area contributed by atoms with Crippen LogP contribution in [0.1, 0.15) is 97.3 Å². The molecule has 0 N–H and O–H groups in total. The molecule has 0 aliphatic heterocycles. The topological polar surface area (TPSA) is 69.0 Å². The zero-order chi connectivity index (χ0) is 26.7. The fourth-order valence-corrected chi connectivity index (χ4v) is 4.77. The van der Waals surface area contributed by atoms with Crippen molar-refractivity contribution in [2.75, 3.05) is 13.2 Å². The number of benzene rings is 2. The summed E-state index contributed by atoms with van der Waals surface area (Å²) in [4.78, 5) is 0. The third-order valence-corrected chi connectivity index (χ3v) is 7.24. The van der Waals surface area contributed by atoms with Crippen LogP contribution < -0.4 is 9.47 Å². The van der Waals surface area contributed by atoms with E-state index in [1.807, 2.05) is 48.5 Å². The van der Waals surface area contributed by atoms with Gasteiger partial charge in [-0.15, -0.1) is 20.4 Å². The van der Waals surface area contributed by atoms with E-state index in [9.17, 15) is 0 Å². The molecule has 206 valence electrons. The third kappa shape index (κ3) is 11.7. The van der Waals surface area contributed by atoms with E-state index < -0.39 is 0 Å². The van der Waals surface area contributed by atoms with Crippen molar-refractivity contribution in [2.45, 2.75) is 97.3 Å². The first-order valence-electron chi connectivity index (χ1n) is 14.5. The maximum atomic E-state index is 5.87. The number of hydrogen-bond acceptors (Lipinski definition) is 7. The van der Waals surface area contributed by atoms with Crippen LogP contribution in [0.25, 0.3) is 10.6 Å². The first kappa shape index (κ1) is 29.8. The molecule has 0 unspecified atom stereocenters. The molecule has 0 saturated heterocycles. The van der Waals surface area contributed by atoms with Crippen LogP contribution in [-0.2, 0) is 0 Å². The molecule has 0 aliphatic rings. The molecule has 0 atom stereocenters. The van der Waals surface area contributed by atoms with E-state index in [-0.39, 0.29) is 0 Å². The van der Waals surface area contributed by atoms with Gasteiger partial charge in [-0.1, -0.05) is 95.8 Å². The summed E-state index contributed by atoms with van der Waals surface area (Å²) in [6.07, 6.45) is 16.6. The fraction of sp³-hybridized carbons (Fsp3) is 0.548. The van der Waals surface area contributed by atoms with Crippen molar-refractivity contribution in [3.05, 3.63) is 48.5 Å². The molecule has 38 heavy (non-hydrogen) atoms. The SMILES string of the molecule is CCCCCCCCCCOc1ccc(N=Nc2nnc(-c3ccc(OCCCCCCC)cc3)s2)cc1. The van der Waals surface area contributed by atoms with Crippen molar-refractivity contribution in [1.29, 1.82) is 0 Å².